The highest BCUT2D eigenvalue weighted by Gasteiger charge is 2.57. The zero-order valence-electron chi connectivity index (χ0n) is 29.1. The van der Waals surface area contributed by atoms with Gasteiger partial charge in [0.25, 0.3) is 0 Å². The fourth-order valence-corrected chi connectivity index (χ4v) is 8.37. The number of carbonyl (C=O) groups excluding carboxylic acids is 2. The van der Waals surface area contributed by atoms with Gasteiger partial charge in [0.05, 0.1) is 23.6 Å². The number of rotatable bonds is 12. The summed E-state index contributed by atoms with van der Waals surface area (Å²) in [7, 11) is -1.08. The van der Waals surface area contributed by atoms with Gasteiger partial charge in [-0.15, -0.1) is 0 Å². The van der Waals surface area contributed by atoms with E-state index in [4.69, 9.17) is 9.39 Å². The van der Waals surface area contributed by atoms with Gasteiger partial charge in [-0.2, -0.15) is 0 Å². The molecule has 0 spiro atoms. The molecule has 4 atom stereocenters. The highest BCUT2D eigenvalue weighted by Crippen LogP contribution is 2.51. The third-order valence-electron chi connectivity index (χ3n) is 10.3. The summed E-state index contributed by atoms with van der Waals surface area (Å²) < 4.78 is 13.4. The second kappa shape index (κ2) is 15.9. The Labute approximate surface area is 313 Å². The van der Waals surface area contributed by atoms with Crippen molar-refractivity contribution in [1.29, 1.82) is 0 Å². The van der Waals surface area contributed by atoms with Gasteiger partial charge in [0.15, 0.2) is 0 Å². The summed E-state index contributed by atoms with van der Waals surface area (Å²) in [5.74, 6) is -1.12. The van der Waals surface area contributed by atoms with E-state index in [1.54, 1.807) is 24.3 Å². The van der Waals surface area contributed by atoms with E-state index < -0.39 is 25.1 Å². The number of nitrogens with zero attached hydrogens (tertiary/aromatic N) is 1. The Morgan fingerprint density at radius 1 is 0.942 bits per heavy atom. The molecule has 7 rings (SSSR count). The number of phenols is 1. The number of allylic oxidation sites excluding steroid dienone is 1. The van der Waals surface area contributed by atoms with E-state index in [9.17, 15) is 19.7 Å². The predicted octanol–water partition coefficient (Wildman–Crippen LogP) is 8.94. The van der Waals surface area contributed by atoms with Crippen LogP contribution in [0.2, 0.25) is 6.32 Å². The maximum atomic E-state index is 14.4. The summed E-state index contributed by atoms with van der Waals surface area (Å²) >= 11 is 3.51. The zero-order chi connectivity index (χ0) is 36.2. The molecule has 2 amide bonds. The number of hydrogen-bond acceptors (Lipinski definition) is 7. The van der Waals surface area contributed by atoms with Gasteiger partial charge in [0.2, 0.25) is 11.8 Å². The van der Waals surface area contributed by atoms with Crippen molar-refractivity contribution in [3.05, 3.63) is 130 Å². The van der Waals surface area contributed by atoms with Gasteiger partial charge in [-0.05, 0) is 116 Å². The Morgan fingerprint density at radius 3 is 2.38 bits per heavy atom. The average Bonchev–Trinajstić information content (AvgIpc) is 3.40. The molecule has 2 aliphatic heterocycles. The minimum Gasteiger partial charge on any atom is -0.507 e. The maximum absolute atomic E-state index is 14.4. The van der Waals surface area contributed by atoms with Crippen molar-refractivity contribution >= 4 is 58.0 Å². The summed E-state index contributed by atoms with van der Waals surface area (Å²) in [6.07, 6.45) is 5.14. The molecule has 3 N–H and O–H groups in total. The molecule has 2 saturated heterocycles. The van der Waals surface area contributed by atoms with Gasteiger partial charge in [0.1, 0.15) is 18.1 Å². The van der Waals surface area contributed by atoms with E-state index in [1.807, 2.05) is 84.9 Å². The number of para-hydroxylation sites is 2. The van der Waals surface area contributed by atoms with Crippen molar-refractivity contribution in [3.8, 4) is 11.5 Å². The van der Waals surface area contributed by atoms with Gasteiger partial charge in [-0.25, -0.2) is 0 Å². The number of halogens is 1. The number of imide groups is 1. The van der Waals surface area contributed by atoms with Crippen molar-refractivity contribution < 1.29 is 29.1 Å². The normalized spacial score (nSPS) is 21.6. The SMILES string of the molecule is CCC/C(=C\c1cc(Br)ccc1O)CC[C@H]1OB(O)C[C@H]2C1=C(COc1ccccc1)C[C@H]1C(=O)N(c3ccc(Nc4ccccc4)cc3)C(=O)[C@H]12. The number of phenolic OH excluding ortho intramolecular Hbond substituents is 1. The average molecular weight is 762 g/mol. The van der Waals surface area contributed by atoms with Crippen LogP contribution in [0.5, 0.6) is 11.5 Å². The molecular formula is C42H42BBrN2O6. The Bertz CT molecular complexity index is 1970. The topological polar surface area (TPSA) is 108 Å². The molecule has 2 fully saturated rings. The van der Waals surface area contributed by atoms with Crippen molar-refractivity contribution in [2.75, 3.05) is 16.8 Å². The minimum absolute atomic E-state index is 0.207. The number of fused-ring (bicyclic) bond motifs is 3. The van der Waals surface area contributed by atoms with Crippen LogP contribution in [-0.2, 0) is 14.2 Å². The van der Waals surface area contributed by atoms with E-state index in [1.165, 1.54) is 4.90 Å². The van der Waals surface area contributed by atoms with Gasteiger partial charge >= 0.3 is 7.12 Å². The first-order valence-electron chi connectivity index (χ1n) is 18.0. The van der Waals surface area contributed by atoms with E-state index in [0.29, 0.717) is 30.7 Å². The number of carbonyl (C=O) groups is 2. The Morgan fingerprint density at radius 2 is 1.65 bits per heavy atom. The van der Waals surface area contributed by atoms with E-state index in [0.717, 1.165) is 51.0 Å². The molecular weight excluding hydrogens is 719 g/mol. The van der Waals surface area contributed by atoms with Gasteiger partial charge in [-0.1, -0.05) is 77.3 Å². The van der Waals surface area contributed by atoms with Gasteiger partial charge in [-0.3, -0.25) is 14.5 Å². The molecule has 3 aliphatic rings. The lowest BCUT2D eigenvalue weighted by molar-refractivity contribution is -0.122. The van der Waals surface area contributed by atoms with Gasteiger partial charge < -0.3 is 24.8 Å². The van der Waals surface area contributed by atoms with Crippen LogP contribution >= 0.6 is 15.9 Å². The van der Waals surface area contributed by atoms with Crippen LogP contribution < -0.4 is 15.0 Å². The second-order valence-corrected chi connectivity index (χ2v) is 14.7. The molecule has 266 valence electrons. The fourth-order valence-electron chi connectivity index (χ4n) is 7.99. The highest BCUT2D eigenvalue weighted by atomic mass is 79.9. The Hall–Kier alpha value is -4.64. The van der Waals surface area contributed by atoms with Crippen molar-refractivity contribution in [1.82, 2.24) is 0 Å². The summed E-state index contributed by atoms with van der Waals surface area (Å²) in [6.45, 7) is 2.37. The van der Waals surface area contributed by atoms with Crippen LogP contribution in [0.3, 0.4) is 0 Å². The quantitative estimate of drug-likeness (QED) is 0.0752. The monoisotopic (exact) mass is 760 g/mol. The summed E-state index contributed by atoms with van der Waals surface area (Å²) in [5, 5.41) is 25.0. The summed E-state index contributed by atoms with van der Waals surface area (Å²) in [6, 6.07) is 32.1. The standard InChI is InChI=1S/C42H42BBrN2O6/c1-2-9-27(22-28-23-30(44)15-20-37(28)47)14-21-38-39-29(26-51-34-12-7-4-8-13-34)24-35-40(36(39)25-43(50)52-38)42(49)46(41(35)48)33-18-16-32(17-19-33)45-31-10-5-3-6-11-31/h3-8,10-13,15-20,22-23,35-36,38,40,45,47,50H,2,9,14,21,24-26H2,1H3/b27-22+/t35-,36+,38-,40-/m1/s1. The number of amides is 2. The van der Waals surface area contributed by atoms with Crippen LogP contribution in [0.4, 0.5) is 17.1 Å². The molecule has 10 heteroatoms. The molecule has 4 aromatic carbocycles. The highest BCUT2D eigenvalue weighted by molar-refractivity contribution is 9.10. The number of aromatic hydroxyl groups is 1. The fraction of sp³-hybridized carbons (Fsp3) is 0.286. The maximum Gasteiger partial charge on any atom is 0.455 e. The number of nitrogens with one attached hydrogen (secondary N) is 1. The second-order valence-electron chi connectivity index (χ2n) is 13.8. The third kappa shape index (κ3) is 7.75. The van der Waals surface area contributed by atoms with Crippen LogP contribution in [0.15, 0.2) is 124 Å². The molecule has 4 aromatic rings. The number of hydrogen-bond donors (Lipinski definition) is 3. The zero-order valence-corrected chi connectivity index (χ0v) is 30.7. The Kier molecular flexibility index (Phi) is 11.0. The Balaban J connectivity index is 1.18. The summed E-state index contributed by atoms with van der Waals surface area (Å²) in [4.78, 5) is 29.9. The molecule has 1 aliphatic carbocycles. The molecule has 0 bridgehead atoms. The number of ether oxygens (including phenoxy) is 1. The lowest BCUT2D eigenvalue weighted by atomic mass is 9.58. The lowest BCUT2D eigenvalue weighted by Crippen LogP contribution is -2.46. The molecule has 0 saturated carbocycles. The predicted molar refractivity (Wildman–Crippen MR) is 208 cm³/mol. The van der Waals surface area contributed by atoms with Crippen LogP contribution in [0, 0.1) is 17.8 Å². The van der Waals surface area contributed by atoms with E-state index in [-0.39, 0.29) is 36.4 Å². The molecule has 0 unspecified atom stereocenters. The van der Waals surface area contributed by atoms with E-state index >= 15 is 0 Å². The number of benzene rings is 4. The minimum atomic E-state index is -1.08. The first-order chi connectivity index (χ1) is 25.3. The molecule has 8 nitrogen and oxygen atoms in total. The van der Waals surface area contributed by atoms with Gasteiger partial charge in [0, 0.05) is 21.4 Å². The first kappa shape index (κ1) is 35.8. The van der Waals surface area contributed by atoms with Crippen LogP contribution in [-0.4, -0.2) is 41.8 Å². The van der Waals surface area contributed by atoms with E-state index in [2.05, 4.69) is 28.2 Å². The summed E-state index contributed by atoms with van der Waals surface area (Å²) in [5.41, 5.74) is 6.11. The number of anilines is 3. The first-order valence-corrected chi connectivity index (χ1v) is 18.8. The largest absolute Gasteiger partial charge is 0.507 e. The smallest absolute Gasteiger partial charge is 0.455 e. The molecule has 0 radical (unpaired) electrons. The molecule has 52 heavy (non-hydrogen) atoms. The molecule has 2 heterocycles. The molecule has 0 aromatic heterocycles. The van der Waals surface area contributed by atoms with Crippen LogP contribution in [0.1, 0.15) is 44.6 Å². The van der Waals surface area contributed by atoms with Crippen LogP contribution in [0.25, 0.3) is 6.08 Å². The third-order valence-corrected chi connectivity index (χ3v) is 10.8. The van der Waals surface area contributed by atoms with Crippen molar-refractivity contribution in [3.63, 3.8) is 0 Å². The van der Waals surface area contributed by atoms with Crippen molar-refractivity contribution in [2.45, 2.75) is 51.5 Å². The van der Waals surface area contributed by atoms with Crippen molar-refractivity contribution in [2.24, 2.45) is 17.8 Å². The lowest BCUT2D eigenvalue weighted by Gasteiger charge is -2.43.